The average molecular weight is 724 g/mol. The van der Waals surface area contributed by atoms with Crippen LogP contribution in [0.25, 0.3) is 0 Å². The normalized spacial score (nSPS) is 24.0. The average Bonchev–Trinajstić information content (AvgIpc) is 3.02. The molecule has 1 saturated heterocycles. The third-order valence-electron chi connectivity index (χ3n) is 8.81. The Labute approximate surface area is 272 Å². The van der Waals surface area contributed by atoms with Gasteiger partial charge in [-0.3, -0.25) is 4.79 Å². The summed E-state index contributed by atoms with van der Waals surface area (Å²) in [5, 5.41) is 0. The molecule has 0 bridgehead atoms. The summed E-state index contributed by atoms with van der Waals surface area (Å²) in [6.45, 7) is 3.50. The molecule has 2 heterocycles. The highest BCUT2D eigenvalue weighted by Gasteiger charge is 2.42. The number of nitrogens with zero attached hydrogens (tertiary/aromatic N) is 4. The first-order valence-electron chi connectivity index (χ1n) is 15.2. The molecule has 1 saturated carbocycles. The van der Waals surface area contributed by atoms with Crippen molar-refractivity contribution >= 4 is 33.9 Å². The zero-order valence-electron chi connectivity index (χ0n) is 25.7. The van der Waals surface area contributed by atoms with Crippen LogP contribution in [0.5, 0.6) is 0 Å². The van der Waals surface area contributed by atoms with Gasteiger partial charge >= 0.3 is 24.4 Å². The lowest BCUT2D eigenvalue weighted by Gasteiger charge is -2.47. The number of halogens is 7. The van der Waals surface area contributed by atoms with Crippen molar-refractivity contribution in [2.75, 3.05) is 12.0 Å². The molecule has 2 aromatic rings. The molecule has 3 atom stereocenters. The second-order valence-corrected chi connectivity index (χ2v) is 12.7. The maximum Gasteiger partial charge on any atom is 0.416 e. The number of methoxy groups -OCH3 is 1. The van der Waals surface area contributed by atoms with Gasteiger partial charge in [0.05, 0.1) is 28.6 Å². The predicted molar refractivity (Wildman–Crippen MR) is 160 cm³/mol. The van der Waals surface area contributed by atoms with Gasteiger partial charge in [-0.15, -0.1) is 0 Å². The molecular formula is C31H37BrF6N4O4. The Kier molecular flexibility index (Phi) is 11.5. The molecule has 254 valence electrons. The Hall–Kier alpha value is -3.10. The fraction of sp³-hybridized carbons (Fsp3) is 0.613. The first-order chi connectivity index (χ1) is 21.6. The van der Waals surface area contributed by atoms with E-state index in [1.807, 2.05) is 13.8 Å². The summed E-state index contributed by atoms with van der Waals surface area (Å²) in [6.07, 6.45) is -3.93. The highest BCUT2D eigenvalue weighted by molar-refractivity contribution is 9.10. The van der Waals surface area contributed by atoms with Crippen LogP contribution in [0.4, 0.5) is 37.1 Å². The van der Waals surface area contributed by atoms with Crippen LogP contribution in [0.1, 0.15) is 81.9 Å². The molecule has 0 radical (unpaired) electrons. The van der Waals surface area contributed by atoms with Gasteiger partial charge in [-0.25, -0.2) is 14.8 Å². The molecule has 1 aliphatic heterocycles. The van der Waals surface area contributed by atoms with Gasteiger partial charge in [0.2, 0.25) is 5.95 Å². The fourth-order valence-electron chi connectivity index (χ4n) is 6.44. The largest absolute Gasteiger partial charge is 0.469 e. The van der Waals surface area contributed by atoms with Gasteiger partial charge in [0.25, 0.3) is 0 Å². The van der Waals surface area contributed by atoms with Crippen molar-refractivity contribution in [1.82, 2.24) is 14.9 Å². The molecule has 1 aromatic heterocycles. The molecule has 46 heavy (non-hydrogen) atoms. The lowest BCUT2D eigenvalue weighted by atomic mass is 9.87. The SMILES string of the molecule is CC[C@@H]1CC(N(Cc2cc(C(F)(F)F)cc(C(F)(F)F)c2)c2ncc(Br)cn2)C[C@H](CC)N1C(=O)OC1CCC(C(=O)OC)CC1. The number of aromatic nitrogens is 2. The third-order valence-corrected chi connectivity index (χ3v) is 9.22. The van der Waals surface area contributed by atoms with Gasteiger partial charge in [-0.05, 0) is 91.1 Å². The zero-order chi connectivity index (χ0) is 33.8. The summed E-state index contributed by atoms with van der Waals surface area (Å²) in [7, 11) is 1.34. The Bertz CT molecular complexity index is 1310. The molecule has 15 heteroatoms. The van der Waals surface area contributed by atoms with E-state index in [0.29, 0.717) is 55.8 Å². The number of hydrogen-bond donors (Lipinski definition) is 0. The van der Waals surface area contributed by atoms with E-state index in [1.54, 1.807) is 9.80 Å². The van der Waals surface area contributed by atoms with Crippen molar-refractivity contribution in [1.29, 1.82) is 0 Å². The van der Waals surface area contributed by atoms with Crippen LogP contribution < -0.4 is 4.90 Å². The summed E-state index contributed by atoms with van der Waals surface area (Å²) in [4.78, 5) is 37.5. The quantitative estimate of drug-likeness (QED) is 0.201. The molecule has 1 amide bonds. The van der Waals surface area contributed by atoms with Gasteiger partial charge in [0.1, 0.15) is 6.10 Å². The third kappa shape index (κ3) is 8.62. The molecule has 1 aliphatic carbocycles. The number of benzene rings is 1. The number of anilines is 1. The number of carbonyl (C=O) groups is 2. The van der Waals surface area contributed by atoms with E-state index < -0.39 is 35.6 Å². The summed E-state index contributed by atoms with van der Waals surface area (Å²) < 4.78 is 93.3. The Morgan fingerprint density at radius 2 is 1.43 bits per heavy atom. The van der Waals surface area contributed by atoms with Crippen molar-refractivity contribution in [3.05, 3.63) is 51.8 Å². The number of likely N-dealkylation sites (tertiary alicyclic amines) is 1. The molecule has 2 fully saturated rings. The first kappa shape index (κ1) is 35.7. The lowest BCUT2D eigenvalue weighted by Crippen LogP contribution is -2.57. The van der Waals surface area contributed by atoms with Crippen LogP contribution in [0.2, 0.25) is 0 Å². The summed E-state index contributed by atoms with van der Waals surface area (Å²) in [5.41, 5.74) is -2.99. The van der Waals surface area contributed by atoms with Gasteiger partial charge in [-0.2, -0.15) is 26.3 Å². The maximum absolute atomic E-state index is 13.7. The number of rotatable bonds is 8. The highest BCUT2D eigenvalue weighted by atomic mass is 79.9. The number of esters is 1. The van der Waals surface area contributed by atoms with E-state index in [4.69, 9.17) is 9.47 Å². The van der Waals surface area contributed by atoms with Gasteiger partial charge < -0.3 is 19.3 Å². The number of hydrogen-bond acceptors (Lipinski definition) is 7. The van der Waals surface area contributed by atoms with E-state index in [-0.39, 0.29) is 54.2 Å². The Balaban J connectivity index is 1.60. The minimum absolute atomic E-state index is 0.107. The number of amides is 1. The van der Waals surface area contributed by atoms with Crippen molar-refractivity contribution in [2.24, 2.45) is 5.92 Å². The van der Waals surface area contributed by atoms with E-state index in [9.17, 15) is 35.9 Å². The standard InChI is InChI=1S/C31H37BrF6N4O4/c1-4-23-13-25(14-24(5-2)42(23)29(44)46-26-8-6-19(7-9-26)27(43)45-3)41(28-39-15-22(32)16-40-28)17-18-10-20(30(33,34)35)12-21(11-18)31(36,37)38/h10-12,15-16,19,23-26H,4-9,13-14,17H2,1-3H3/t19?,23-,24+,25?,26?. The molecule has 1 unspecified atom stereocenters. The predicted octanol–water partition coefficient (Wildman–Crippen LogP) is 8.17. The zero-order valence-corrected chi connectivity index (χ0v) is 27.3. The topological polar surface area (TPSA) is 84.9 Å². The monoisotopic (exact) mass is 722 g/mol. The van der Waals surface area contributed by atoms with Crippen LogP contribution in [-0.4, -0.2) is 58.3 Å². The second kappa shape index (κ2) is 14.8. The molecular weight excluding hydrogens is 686 g/mol. The number of carbonyl (C=O) groups excluding carboxylic acids is 2. The van der Waals surface area contributed by atoms with Crippen LogP contribution in [0, 0.1) is 5.92 Å². The highest BCUT2D eigenvalue weighted by Crippen LogP contribution is 2.39. The molecule has 0 spiro atoms. The lowest BCUT2D eigenvalue weighted by molar-refractivity contribution is -0.147. The number of ether oxygens (including phenoxy) is 2. The summed E-state index contributed by atoms with van der Waals surface area (Å²) >= 11 is 3.27. The first-order valence-corrected chi connectivity index (χ1v) is 16.0. The Morgan fingerprint density at radius 3 is 1.89 bits per heavy atom. The van der Waals surface area contributed by atoms with E-state index in [0.717, 1.165) is 12.1 Å². The second-order valence-electron chi connectivity index (χ2n) is 11.8. The smallest absolute Gasteiger partial charge is 0.416 e. The van der Waals surface area contributed by atoms with Crippen molar-refractivity contribution in [3.63, 3.8) is 0 Å². The van der Waals surface area contributed by atoms with E-state index in [1.165, 1.54) is 19.5 Å². The van der Waals surface area contributed by atoms with Crippen LogP contribution >= 0.6 is 15.9 Å². The van der Waals surface area contributed by atoms with Gasteiger partial charge in [-0.1, -0.05) is 13.8 Å². The summed E-state index contributed by atoms with van der Waals surface area (Å²) in [6, 6.07) is 0.477. The van der Waals surface area contributed by atoms with Crippen LogP contribution in [-0.2, 0) is 33.2 Å². The number of piperidine rings is 1. The molecule has 2 aliphatic rings. The van der Waals surface area contributed by atoms with Crippen LogP contribution in [0.3, 0.4) is 0 Å². The van der Waals surface area contributed by atoms with Crippen LogP contribution in [0.15, 0.2) is 35.1 Å². The van der Waals surface area contributed by atoms with E-state index in [2.05, 4.69) is 25.9 Å². The van der Waals surface area contributed by atoms with Gasteiger partial charge in [0.15, 0.2) is 0 Å². The molecule has 8 nitrogen and oxygen atoms in total. The fourth-order valence-corrected chi connectivity index (χ4v) is 6.64. The molecule has 0 N–H and O–H groups in total. The Morgan fingerprint density at radius 1 is 0.913 bits per heavy atom. The minimum Gasteiger partial charge on any atom is -0.469 e. The van der Waals surface area contributed by atoms with Crippen molar-refractivity contribution in [2.45, 2.75) is 108 Å². The maximum atomic E-state index is 13.7. The molecule has 1 aromatic carbocycles. The number of alkyl halides is 6. The van der Waals surface area contributed by atoms with E-state index >= 15 is 0 Å². The van der Waals surface area contributed by atoms with Crippen molar-refractivity contribution in [3.8, 4) is 0 Å². The van der Waals surface area contributed by atoms with Gasteiger partial charge in [0, 0.05) is 37.1 Å². The van der Waals surface area contributed by atoms with Crippen molar-refractivity contribution < 1.29 is 45.4 Å². The summed E-state index contributed by atoms with van der Waals surface area (Å²) in [5.74, 6) is -0.358. The minimum atomic E-state index is -4.99. The molecule has 4 rings (SSSR count).